The molecule has 1 amide bonds. The second kappa shape index (κ2) is 8.98. The number of aliphatic carboxylic acids is 1. The average molecular weight is 244 g/mol. The van der Waals surface area contributed by atoms with Gasteiger partial charge in [0.05, 0.1) is 5.92 Å². The van der Waals surface area contributed by atoms with Gasteiger partial charge in [0.2, 0.25) is 5.91 Å². The highest BCUT2D eigenvalue weighted by Gasteiger charge is 2.25. The fourth-order valence-electron chi connectivity index (χ4n) is 1.44. The van der Waals surface area contributed by atoms with Gasteiger partial charge in [-0.2, -0.15) is 0 Å². The molecule has 0 aliphatic heterocycles. The van der Waals surface area contributed by atoms with E-state index in [9.17, 15) is 9.59 Å². The minimum absolute atomic E-state index is 0.182. The lowest BCUT2D eigenvalue weighted by Gasteiger charge is -2.15. The zero-order valence-corrected chi connectivity index (χ0v) is 10.7. The van der Waals surface area contributed by atoms with Gasteiger partial charge < -0.3 is 16.2 Å². The molecule has 0 aromatic carbocycles. The van der Waals surface area contributed by atoms with Crippen LogP contribution in [0.1, 0.15) is 39.5 Å². The standard InChI is InChI=1S/C12H24N2O3/c1-9(10(2)12(16)17)11(15)14-8-6-4-3-5-7-13/h9-10H,3-8,13H2,1-2H3,(H,14,15)(H,16,17). The van der Waals surface area contributed by atoms with Crippen molar-refractivity contribution in [3.8, 4) is 0 Å². The Morgan fingerprint density at radius 2 is 1.71 bits per heavy atom. The summed E-state index contributed by atoms with van der Waals surface area (Å²) in [5, 5.41) is 11.5. The van der Waals surface area contributed by atoms with Crippen LogP contribution in [0.5, 0.6) is 0 Å². The Morgan fingerprint density at radius 1 is 1.12 bits per heavy atom. The molecule has 0 rings (SSSR count). The first-order valence-corrected chi connectivity index (χ1v) is 6.21. The third-order valence-electron chi connectivity index (χ3n) is 2.98. The number of amides is 1. The highest BCUT2D eigenvalue weighted by Crippen LogP contribution is 2.11. The van der Waals surface area contributed by atoms with Gasteiger partial charge in [0, 0.05) is 12.5 Å². The van der Waals surface area contributed by atoms with E-state index in [2.05, 4.69) is 5.32 Å². The van der Waals surface area contributed by atoms with Crippen LogP contribution in [-0.4, -0.2) is 30.1 Å². The number of nitrogens with one attached hydrogen (secondary N) is 1. The van der Waals surface area contributed by atoms with Gasteiger partial charge >= 0.3 is 5.97 Å². The minimum atomic E-state index is -0.935. The maximum absolute atomic E-state index is 11.6. The maximum Gasteiger partial charge on any atom is 0.307 e. The van der Waals surface area contributed by atoms with Crippen LogP contribution in [0.3, 0.4) is 0 Å². The lowest BCUT2D eigenvalue weighted by Crippen LogP contribution is -2.35. The summed E-state index contributed by atoms with van der Waals surface area (Å²) >= 11 is 0. The molecular formula is C12H24N2O3. The van der Waals surface area contributed by atoms with E-state index >= 15 is 0 Å². The summed E-state index contributed by atoms with van der Waals surface area (Å²) in [7, 11) is 0. The number of hydrogen-bond acceptors (Lipinski definition) is 3. The van der Waals surface area contributed by atoms with Crippen molar-refractivity contribution in [2.75, 3.05) is 13.1 Å². The van der Waals surface area contributed by atoms with Gasteiger partial charge in [0.1, 0.15) is 0 Å². The van der Waals surface area contributed by atoms with Crippen molar-refractivity contribution in [3.05, 3.63) is 0 Å². The van der Waals surface area contributed by atoms with Crippen LogP contribution in [-0.2, 0) is 9.59 Å². The first kappa shape index (κ1) is 15.9. The molecule has 0 saturated carbocycles. The Balaban J connectivity index is 3.68. The predicted molar refractivity (Wildman–Crippen MR) is 66.5 cm³/mol. The molecule has 4 N–H and O–H groups in total. The summed E-state index contributed by atoms with van der Waals surface area (Å²) in [5.74, 6) is -2.25. The highest BCUT2D eigenvalue weighted by atomic mass is 16.4. The Morgan fingerprint density at radius 3 is 2.24 bits per heavy atom. The average Bonchev–Trinajstić information content (AvgIpc) is 2.31. The molecule has 0 spiro atoms. The molecule has 2 unspecified atom stereocenters. The van der Waals surface area contributed by atoms with Gasteiger partial charge in [0.25, 0.3) is 0 Å². The summed E-state index contributed by atoms with van der Waals surface area (Å²) in [4.78, 5) is 22.3. The fraction of sp³-hybridized carbons (Fsp3) is 0.833. The molecule has 17 heavy (non-hydrogen) atoms. The van der Waals surface area contributed by atoms with Crippen molar-refractivity contribution >= 4 is 11.9 Å². The number of carbonyl (C=O) groups is 2. The lowest BCUT2D eigenvalue weighted by atomic mass is 9.95. The molecule has 0 aliphatic carbocycles. The molecule has 5 nitrogen and oxygen atoms in total. The number of carbonyl (C=O) groups excluding carboxylic acids is 1. The van der Waals surface area contributed by atoms with Crippen LogP contribution in [0.2, 0.25) is 0 Å². The van der Waals surface area contributed by atoms with Gasteiger partial charge in [0.15, 0.2) is 0 Å². The van der Waals surface area contributed by atoms with Crippen molar-refractivity contribution in [2.45, 2.75) is 39.5 Å². The molecule has 2 atom stereocenters. The Labute approximate surface area is 103 Å². The Bertz CT molecular complexity index is 244. The van der Waals surface area contributed by atoms with E-state index < -0.39 is 17.8 Å². The highest BCUT2D eigenvalue weighted by molar-refractivity contribution is 5.84. The molecule has 0 bridgehead atoms. The van der Waals surface area contributed by atoms with E-state index in [1.54, 1.807) is 13.8 Å². The number of rotatable bonds is 9. The molecule has 0 fully saturated rings. The summed E-state index contributed by atoms with van der Waals surface area (Å²) in [6.07, 6.45) is 4.05. The summed E-state index contributed by atoms with van der Waals surface area (Å²) in [6.45, 7) is 4.51. The van der Waals surface area contributed by atoms with Crippen molar-refractivity contribution in [1.29, 1.82) is 0 Å². The third kappa shape index (κ3) is 6.94. The van der Waals surface area contributed by atoms with E-state index in [0.29, 0.717) is 13.1 Å². The van der Waals surface area contributed by atoms with Gasteiger partial charge in [-0.15, -0.1) is 0 Å². The van der Waals surface area contributed by atoms with E-state index in [1.165, 1.54) is 0 Å². The molecule has 0 heterocycles. The summed E-state index contributed by atoms with van der Waals surface area (Å²) < 4.78 is 0. The van der Waals surface area contributed by atoms with Crippen molar-refractivity contribution in [1.82, 2.24) is 5.32 Å². The Hall–Kier alpha value is -1.10. The number of carboxylic acid groups (broad SMARTS) is 1. The monoisotopic (exact) mass is 244 g/mol. The molecule has 5 heteroatoms. The first-order valence-electron chi connectivity index (χ1n) is 6.21. The fourth-order valence-corrected chi connectivity index (χ4v) is 1.44. The van der Waals surface area contributed by atoms with E-state index in [4.69, 9.17) is 10.8 Å². The van der Waals surface area contributed by atoms with E-state index in [-0.39, 0.29) is 5.91 Å². The zero-order chi connectivity index (χ0) is 13.3. The number of carboxylic acids is 1. The second-order valence-electron chi connectivity index (χ2n) is 4.41. The van der Waals surface area contributed by atoms with E-state index in [0.717, 1.165) is 25.7 Å². The van der Waals surface area contributed by atoms with Crippen LogP contribution >= 0.6 is 0 Å². The normalized spacial score (nSPS) is 14.1. The lowest BCUT2D eigenvalue weighted by molar-refractivity contribution is -0.146. The summed E-state index contributed by atoms with van der Waals surface area (Å²) in [5.41, 5.74) is 5.37. The first-order chi connectivity index (χ1) is 8.00. The molecule has 0 aromatic heterocycles. The molecule has 0 saturated heterocycles. The maximum atomic E-state index is 11.6. The van der Waals surface area contributed by atoms with Crippen LogP contribution in [0, 0.1) is 11.8 Å². The largest absolute Gasteiger partial charge is 0.481 e. The number of unbranched alkanes of at least 4 members (excludes halogenated alkanes) is 3. The quantitative estimate of drug-likeness (QED) is 0.527. The van der Waals surface area contributed by atoms with Crippen LogP contribution in [0.4, 0.5) is 0 Å². The van der Waals surface area contributed by atoms with Crippen LogP contribution in [0.15, 0.2) is 0 Å². The van der Waals surface area contributed by atoms with Crippen LogP contribution < -0.4 is 11.1 Å². The molecule has 0 aromatic rings. The van der Waals surface area contributed by atoms with Crippen molar-refractivity contribution in [3.63, 3.8) is 0 Å². The van der Waals surface area contributed by atoms with E-state index in [1.807, 2.05) is 0 Å². The number of nitrogens with two attached hydrogens (primary N) is 1. The zero-order valence-electron chi connectivity index (χ0n) is 10.7. The Kier molecular flexibility index (Phi) is 8.40. The van der Waals surface area contributed by atoms with Gasteiger partial charge in [-0.05, 0) is 19.4 Å². The number of hydrogen-bond donors (Lipinski definition) is 3. The smallest absolute Gasteiger partial charge is 0.307 e. The van der Waals surface area contributed by atoms with Gasteiger partial charge in [-0.25, -0.2) is 0 Å². The van der Waals surface area contributed by atoms with Crippen LogP contribution in [0.25, 0.3) is 0 Å². The van der Waals surface area contributed by atoms with Crippen molar-refractivity contribution < 1.29 is 14.7 Å². The molecule has 0 aliphatic rings. The SMILES string of the molecule is CC(C(=O)O)C(C)C(=O)NCCCCCCN. The molecule has 0 radical (unpaired) electrons. The second-order valence-corrected chi connectivity index (χ2v) is 4.41. The third-order valence-corrected chi connectivity index (χ3v) is 2.98. The predicted octanol–water partition coefficient (Wildman–Crippen LogP) is 0.979. The molecular weight excluding hydrogens is 220 g/mol. The molecule has 100 valence electrons. The minimum Gasteiger partial charge on any atom is -0.481 e. The summed E-state index contributed by atoms with van der Waals surface area (Å²) in [6, 6.07) is 0. The van der Waals surface area contributed by atoms with Crippen molar-refractivity contribution in [2.24, 2.45) is 17.6 Å². The van der Waals surface area contributed by atoms with Gasteiger partial charge in [-0.1, -0.05) is 26.7 Å². The van der Waals surface area contributed by atoms with Gasteiger partial charge in [-0.3, -0.25) is 9.59 Å². The topological polar surface area (TPSA) is 92.4 Å².